The maximum Gasteiger partial charge on any atom is 0.112 e. The Balaban J connectivity index is 2.37. The van der Waals surface area contributed by atoms with Crippen molar-refractivity contribution in [3.8, 4) is 0 Å². The minimum Gasteiger partial charge on any atom is -0.351 e. The molecule has 19 heavy (non-hydrogen) atoms. The first-order valence-electron chi connectivity index (χ1n) is 6.97. The van der Waals surface area contributed by atoms with Crippen LogP contribution in [-0.4, -0.2) is 19.8 Å². The summed E-state index contributed by atoms with van der Waals surface area (Å²) in [6, 6.07) is 13.2. The van der Waals surface area contributed by atoms with Gasteiger partial charge in [-0.1, -0.05) is 38.1 Å². The second-order valence-electron chi connectivity index (χ2n) is 6.02. The molecule has 0 unspecified atom stereocenters. The van der Waals surface area contributed by atoms with Crippen LogP contribution < -0.4 is 9.80 Å². The molecule has 2 heteroatoms. The maximum absolute atomic E-state index is 2.42. The van der Waals surface area contributed by atoms with Gasteiger partial charge in [-0.05, 0) is 30.4 Å². The summed E-state index contributed by atoms with van der Waals surface area (Å²) in [7, 11) is 4.42. The van der Waals surface area contributed by atoms with Crippen LogP contribution in [0.3, 0.4) is 0 Å². The third-order valence-electron chi connectivity index (χ3n) is 5.04. The van der Waals surface area contributed by atoms with Gasteiger partial charge in [-0.25, -0.2) is 0 Å². The molecule has 2 aromatic rings. The largest absolute Gasteiger partial charge is 0.351 e. The summed E-state index contributed by atoms with van der Waals surface area (Å²) in [6.07, 6.45) is 0. The Hall–Kier alpha value is -1.70. The molecule has 1 aliphatic rings. The highest BCUT2D eigenvalue weighted by Crippen LogP contribution is 2.46. The van der Waals surface area contributed by atoms with Crippen LogP contribution in [0.4, 0.5) is 11.4 Å². The highest BCUT2D eigenvalue weighted by atomic mass is 15.4. The molecule has 2 aromatic carbocycles. The molecule has 3 rings (SSSR count). The van der Waals surface area contributed by atoms with E-state index >= 15 is 0 Å². The van der Waals surface area contributed by atoms with Crippen LogP contribution in [0.5, 0.6) is 0 Å². The minimum atomic E-state index is 0.00262. The number of hydrogen-bond donors (Lipinski definition) is 0. The van der Waals surface area contributed by atoms with Gasteiger partial charge in [0, 0.05) is 30.9 Å². The van der Waals surface area contributed by atoms with Crippen molar-refractivity contribution in [2.75, 3.05) is 23.9 Å². The molecule has 100 valence electrons. The smallest absolute Gasteiger partial charge is 0.112 e. The monoisotopic (exact) mass is 254 g/mol. The van der Waals surface area contributed by atoms with Crippen LogP contribution in [-0.2, 0) is 0 Å². The number of benzene rings is 2. The molecule has 0 saturated heterocycles. The molecule has 0 atom stereocenters. The summed E-state index contributed by atoms with van der Waals surface area (Å²) < 4.78 is 0. The lowest BCUT2D eigenvalue weighted by atomic mass is 9.89. The molecule has 0 spiro atoms. The zero-order chi connectivity index (χ0) is 13.8. The van der Waals surface area contributed by atoms with E-state index in [9.17, 15) is 0 Å². The Morgan fingerprint density at radius 2 is 1.37 bits per heavy atom. The molecule has 1 aliphatic heterocycles. The fourth-order valence-electron chi connectivity index (χ4n) is 3.35. The Kier molecular flexibility index (Phi) is 2.53. The highest BCUT2D eigenvalue weighted by molar-refractivity contribution is 6.05. The summed E-state index contributed by atoms with van der Waals surface area (Å²) >= 11 is 0. The molecule has 0 N–H and O–H groups in total. The number of rotatable bonds is 1. The van der Waals surface area contributed by atoms with Crippen molar-refractivity contribution < 1.29 is 0 Å². The van der Waals surface area contributed by atoms with E-state index in [0.717, 1.165) is 0 Å². The van der Waals surface area contributed by atoms with Gasteiger partial charge in [-0.3, -0.25) is 0 Å². The average Bonchev–Trinajstić information content (AvgIpc) is 2.42. The van der Waals surface area contributed by atoms with E-state index < -0.39 is 0 Å². The molecule has 0 saturated carbocycles. The van der Waals surface area contributed by atoms with Crippen LogP contribution in [0, 0.1) is 5.92 Å². The zero-order valence-corrected chi connectivity index (χ0v) is 12.4. The maximum atomic E-state index is 2.42. The summed E-state index contributed by atoms with van der Waals surface area (Å²) in [5, 5.41) is 2.69. The van der Waals surface area contributed by atoms with Crippen molar-refractivity contribution in [3.63, 3.8) is 0 Å². The summed E-state index contributed by atoms with van der Waals surface area (Å²) in [6.45, 7) is 6.91. The van der Waals surface area contributed by atoms with Crippen LogP contribution >= 0.6 is 0 Å². The molecular weight excluding hydrogens is 232 g/mol. The molecule has 0 amide bonds. The van der Waals surface area contributed by atoms with E-state index in [0.29, 0.717) is 5.92 Å². The summed E-state index contributed by atoms with van der Waals surface area (Å²) in [5.41, 5.74) is 2.67. The highest BCUT2D eigenvalue weighted by Gasteiger charge is 2.41. The van der Waals surface area contributed by atoms with Crippen LogP contribution in [0.2, 0.25) is 0 Å². The Labute approximate surface area is 115 Å². The van der Waals surface area contributed by atoms with Gasteiger partial charge in [-0.2, -0.15) is 0 Å². The third-order valence-corrected chi connectivity index (χ3v) is 5.04. The normalized spacial score (nSPS) is 17.4. The molecule has 0 aliphatic carbocycles. The number of nitrogens with zero attached hydrogens (tertiary/aromatic N) is 2. The van der Waals surface area contributed by atoms with E-state index in [1.165, 1.54) is 22.1 Å². The zero-order valence-electron chi connectivity index (χ0n) is 12.4. The van der Waals surface area contributed by atoms with Gasteiger partial charge < -0.3 is 9.80 Å². The van der Waals surface area contributed by atoms with E-state index in [1.54, 1.807) is 0 Å². The molecule has 0 radical (unpaired) electrons. The van der Waals surface area contributed by atoms with Crippen molar-refractivity contribution >= 4 is 22.1 Å². The van der Waals surface area contributed by atoms with E-state index in [2.05, 4.69) is 81.1 Å². The molecule has 0 fully saturated rings. The first-order chi connectivity index (χ1) is 8.98. The van der Waals surface area contributed by atoms with Crippen molar-refractivity contribution in [3.05, 3.63) is 36.4 Å². The molecule has 0 bridgehead atoms. The van der Waals surface area contributed by atoms with Crippen molar-refractivity contribution in [1.82, 2.24) is 0 Å². The average molecular weight is 254 g/mol. The summed E-state index contributed by atoms with van der Waals surface area (Å²) in [4.78, 5) is 4.85. The summed E-state index contributed by atoms with van der Waals surface area (Å²) in [5.74, 6) is 0.533. The quantitative estimate of drug-likeness (QED) is 0.756. The minimum absolute atomic E-state index is 0.00262. The van der Waals surface area contributed by atoms with E-state index in [1.807, 2.05) is 0 Å². The van der Waals surface area contributed by atoms with Crippen LogP contribution in [0.15, 0.2) is 36.4 Å². The predicted octanol–water partition coefficient (Wildman–Crippen LogP) is 4.10. The number of hydrogen-bond acceptors (Lipinski definition) is 2. The van der Waals surface area contributed by atoms with Gasteiger partial charge in [0.2, 0.25) is 0 Å². The Bertz CT molecular complexity index is 585. The topological polar surface area (TPSA) is 6.48 Å². The van der Waals surface area contributed by atoms with Gasteiger partial charge in [-0.15, -0.1) is 0 Å². The van der Waals surface area contributed by atoms with Crippen LogP contribution in [0.25, 0.3) is 10.8 Å². The van der Waals surface area contributed by atoms with Crippen molar-refractivity contribution in [1.29, 1.82) is 0 Å². The second-order valence-corrected chi connectivity index (χ2v) is 6.02. The molecule has 1 heterocycles. The van der Waals surface area contributed by atoms with E-state index in [4.69, 9.17) is 0 Å². The standard InChI is InChI=1S/C17H22N2/c1-12(2)17(3)18(4)14-10-6-8-13-9-7-11-15(16(13)14)19(17)5/h6-12H,1-5H3. The van der Waals surface area contributed by atoms with Gasteiger partial charge in [0.05, 0.1) is 0 Å². The van der Waals surface area contributed by atoms with E-state index in [-0.39, 0.29) is 5.66 Å². The van der Waals surface area contributed by atoms with Gasteiger partial charge in [0.25, 0.3) is 0 Å². The third kappa shape index (κ3) is 1.43. The predicted molar refractivity (Wildman–Crippen MR) is 84.0 cm³/mol. The van der Waals surface area contributed by atoms with Gasteiger partial charge in [0.1, 0.15) is 5.66 Å². The molecule has 0 aromatic heterocycles. The second kappa shape index (κ2) is 3.89. The van der Waals surface area contributed by atoms with Crippen molar-refractivity contribution in [2.24, 2.45) is 5.92 Å². The Morgan fingerprint density at radius 3 is 1.79 bits per heavy atom. The lowest BCUT2D eigenvalue weighted by molar-refractivity contribution is 0.317. The lowest BCUT2D eigenvalue weighted by Gasteiger charge is -2.54. The van der Waals surface area contributed by atoms with Gasteiger partial charge >= 0.3 is 0 Å². The molecular formula is C17H22N2. The SMILES string of the molecule is CC(C)C1(C)N(C)c2cccc3cccc(c23)N1C. The van der Waals surface area contributed by atoms with Crippen LogP contribution in [0.1, 0.15) is 20.8 Å². The number of anilines is 2. The fourth-order valence-corrected chi connectivity index (χ4v) is 3.35. The fraction of sp³-hybridized carbons (Fsp3) is 0.412. The van der Waals surface area contributed by atoms with Crippen molar-refractivity contribution in [2.45, 2.75) is 26.4 Å². The lowest BCUT2D eigenvalue weighted by Crippen LogP contribution is -2.61. The first-order valence-corrected chi connectivity index (χ1v) is 6.97. The molecule has 2 nitrogen and oxygen atoms in total. The first kappa shape index (κ1) is 12.3. The Morgan fingerprint density at radius 1 is 0.895 bits per heavy atom. The van der Waals surface area contributed by atoms with Gasteiger partial charge in [0.15, 0.2) is 0 Å².